The molecule has 0 aliphatic carbocycles. The number of aliphatic carboxylic acids is 1. The zero-order valence-corrected chi connectivity index (χ0v) is 26.7. The molecule has 2 heterocycles. The standard InChI is InChI=1S/C36H43ClN2O7/c37-29-14-12-28(13-15-29)36(44)18-20-39(21-19-36)23-31-22-32(26-8-6-25(24-40)7-9-26)46-35(45-31)27-10-16-30(17-11-27)38-33(41)4-2-1-3-5-34(42)43/h6-17,31-32,35,40,44H,1-5,18-24H2,(H,38,41)(H,42,43)/t31-,32+,35+/m0/s1. The first-order valence-electron chi connectivity index (χ1n) is 16.0. The van der Waals surface area contributed by atoms with Crippen LogP contribution in [0.1, 0.15) is 86.0 Å². The van der Waals surface area contributed by atoms with E-state index in [-0.39, 0.29) is 31.1 Å². The molecule has 0 unspecified atom stereocenters. The number of benzene rings is 3. The number of ether oxygens (including phenoxy) is 2. The molecule has 0 radical (unpaired) electrons. The average molecular weight is 651 g/mol. The van der Waals surface area contributed by atoms with Crippen LogP contribution in [-0.2, 0) is 31.3 Å². The number of carboxylic acid groups (broad SMARTS) is 1. The van der Waals surface area contributed by atoms with Crippen molar-refractivity contribution in [3.05, 3.63) is 100 Å². The van der Waals surface area contributed by atoms with Crippen LogP contribution in [0.4, 0.5) is 5.69 Å². The topological polar surface area (TPSA) is 129 Å². The van der Waals surface area contributed by atoms with E-state index in [2.05, 4.69) is 10.2 Å². The van der Waals surface area contributed by atoms with E-state index in [1.807, 2.05) is 72.8 Å². The van der Waals surface area contributed by atoms with Crippen LogP contribution in [0.3, 0.4) is 0 Å². The summed E-state index contributed by atoms with van der Waals surface area (Å²) in [5, 5.41) is 33.2. The second-order valence-corrected chi connectivity index (χ2v) is 12.8. The minimum Gasteiger partial charge on any atom is -0.481 e. The Hall–Kier alpha value is -3.31. The largest absolute Gasteiger partial charge is 0.481 e. The number of piperidine rings is 1. The minimum absolute atomic E-state index is 0.0227. The van der Waals surface area contributed by atoms with Crippen LogP contribution < -0.4 is 5.32 Å². The predicted octanol–water partition coefficient (Wildman–Crippen LogP) is 6.33. The number of halogens is 1. The van der Waals surface area contributed by atoms with E-state index in [1.54, 1.807) is 0 Å². The number of aliphatic hydroxyl groups is 2. The smallest absolute Gasteiger partial charge is 0.303 e. The lowest BCUT2D eigenvalue weighted by atomic mass is 9.84. The van der Waals surface area contributed by atoms with E-state index in [0.717, 1.165) is 35.3 Å². The summed E-state index contributed by atoms with van der Waals surface area (Å²) >= 11 is 6.06. The molecule has 2 aliphatic rings. The number of rotatable bonds is 13. The van der Waals surface area contributed by atoms with Crippen molar-refractivity contribution in [3.8, 4) is 0 Å². The first-order chi connectivity index (χ1) is 22.2. The van der Waals surface area contributed by atoms with E-state index < -0.39 is 17.9 Å². The Bertz CT molecular complexity index is 1420. The highest BCUT2D eigenvalue weighted by atomic mass is 35.5. The number of carbonyl (C=O) groups excluding carboxylic acids is 1. The SMILES string of the molecule is O=C(O)CCCCCC(=O)Nc1ccc([C@@H]2O[C@H](CN3CCC(O)(c4ccc(Cl)cc4)CC3)C[C@H](c3ccc(CO)cc3)O2)cc1. The Labute approximate surface area is 275 Å². The number of unbranched alkanes of at least 4 members (excludes halogenated alkanes) is 2. The van der Waals surface area contributed by atoms with E-state index in [0.29, 0.717) is 62.2 Å². The van der Waals surface area contributed by atoms with Gasteiger partial charge < -0.3 is 35.0 Å². The number of hydrogen-bond donors (Lipinski definition) is 4. The fraction of sp³-hybridized carbons (Fsp3) is 0.444. The second kappa shape index (κ2) is 16.0. The third kappa shape index (κ3) is 9.37. The summed E-state index contributed by atoms with van der Waals surface area (Å²) in [5.41, 5.74) is 3.37. The Balaban J connectivity index is 1.21. The minimum atomic E-state index is -0.880. The zero-order valence-electron chi connectivity index (χ0n) is 25.9. The summed E-state index contributed by atoms with van der Waals surface area (Å²) in [4.78, 5) is 25.4. The third-order valence-corrected chi connectivity index (χ3v) is 9.15. The quantitative estimate of drug-likeness (QED) is 0.158. The van der Waals surface area contributed by atoms with Crippen molar-refractivity contribution in [2.24, 2.45) is 0 Å². The molecular formula is C36H43ClN2O7. The van der Waals surface area contributed by atoms with Crippen molar-refractivity contribution in [1.82, 2.24) is 4.90 Å². The Morgan fingerprint density at radius 2 is 1.52 bits per heavy atom. The molecule has 10 heteroatoms. The van der Waals surface area contributed by atoms with Gasteiger partial charge in [-0.25, -0.2) is 0 Å². The van der Waals surface area contributed by atoms with Crippen LogP contribution in [0.2, 0.25) is 5.02 Å². The molecule has 3 atom stereocenters. The summed E-state index contributed by atoms with van der Waals surface area (Å²) in [6, 6.07) is 22.7. The lowest BCUT2D eigenvalue weighted by Gasteiger charge is -2.42. The predicted molar refractivity (Wildman–Crippen MR) is 175 cm³/mol. The van der Waals surface area contributed by atoms with E-state index in [1.165, 1.54) is 0 Å². The molecule has 4 N–H and O–H groups in total. The van der Waals surface area contributed by atoms with Gasteiger partial charge in [-0.15, -0.1) is 0 Å². The molecule has 2 fully saturated rings. The number of amides is 1. The van der Waals surface area contributed by atoms with Gasteiger partial charge >= 0.3 is 5.97 Å². The average Bonchev–Trinajstić information content (AvgIpc) is 3.06. The van der Waals surface area contributed by atoms with Gasteiger partial charge in [-0.05, 0) is 66.6 Å². The fourth-order valence-electron chi connectivity index (χ4n) is 6.16. The van der Waals surface area contributed by atoms with Gasteiger partial charge in [0.05, 0.1) is 24.4 Å². The number of nitrogens with one attached hydrogen (secondary N) is 1. The van der Waals surface area contributed by atoms with Gasteiger partial charge in [-0.2, -0.15) is 0 Å². The van der Waals surface area contributed by atoms with Gasteiger partial charge in [0.25, 0.3) is 0 Å². The van der Waals surface area contributed by atoms with Crippen LogP contribution in [0.5, 0.6) is 0 Å². The number of anilines is 1. The molecule has 9 nitrogen and oxygen atoms in total. The first kappa shape index (κ1) is 34.0. The van der Waals surface area contributed by atoms with Gasteiger partial charge in [0, 0.05) is 55.2 Å². The summed E-state index contributed by atoms with van der Waals surface area (Å²) in [5.74, 6) is -0.925. The maximum absolute atomic E-state index is 12.4. The van der Waals surface area contributed by atoms with Crippen LogP contribution in [0.15, 0.2) is 72.8 Å². The Morgan fingerprint density at radius 1 is 0.870 bits per heavy atom. The van der Waals surface area contributed by atoms with Gasteiger partial charge in [0.1, 0.15) is 0 Å². The van der Waals surface area contributed by atoms with Crippen LogP contribution in [0, 0.1) is 0 Å². The molecule has 2 saturated heterocycles. The molecule has 3 aromatic carbocycles. The molecule has 0 saturated carbocycles. The molecule has 1 amide bonds. The maximum atomic E-state index is 12.4. The molecule has 3 aromatic rings. The normalized spacial score (nSPS) is 21.5. The molecule has 0 aromatic heterocycles. The van der Waals surface area contributed by atoms with E-state index in [9.17, 15) is 19.8 Å². The summed E-state index contributed by atoms with van der Waals surface area (Å²) < 4.78 is 13.0. The number of nitrogens with zero attached hydrogens (tertiary/aromatic N) is 1. The van der Waals surface area contributed by atoms with Crippen molar-refractivity contribution >= 4 is 29.2 Å². The lowest BCUT2D eigenvalue weighted by molar-refractivity contribution is -0.253. The summed E-state index contributed by atoms with van der Waals surface area (Å²) in [6.45, 7) is 2.14. The van der Waals surface area contributed by atoms with Crippen molar-refractivity contribution < 1.29 is 34.4 Å². The molecule has 2 aliphatic heterocycles. The van der Waals surface area contributed by atoms with Crippen LogP contribution in [-0.4, -0.2) is 57.8 Å². The Morgan fingerprint density at radius 3 is 2.17 bits per heavy atom. The molecule has 5 rings (SSSR count). The highest BCUT2D eigenvalue weighted by Crippen LogP contribution is 2.39. The number of carboxylic acids is 1. The number of aliphatic hydroxyl groups excluding tert-OH is 1. The maximum Gasteiger partial charge on any atom is 0.303 e. The van der Waals surface area contributed by atoms with Crippen molar-refractivity contribution in [2.45, 2.75) is 82.1 Å². The van der Waals surface area contributed by atoms with E-state index in [4.69, 9.17) is 26.2 Å². The molecule has 246 valence electrons. The summed E-state index contributed by atoms with van der Waals surface area (Å²) in [7, 11) is 0. The first-order valence-corrected chi connectivity index (χ1v) is 16.4. The van der Waals surface area contributed by atoms with Gasteiger partial charge in [0.15, 0.2) is 6.29 Å². The number of likely N-dealkylation sites (tertiary alicyclic amines) is 1. The Kier molecular flexibility index (Phi) is 11.8. The fourth-order valence-corrected chi connectivity index (χ4v) is 6.29. The van der Waals surface area contributed by atoms with Gasteiger partial charge in [0.2, 0.25) is 5.91 Å². The molecular weight excluding hydrogens is 608 g/mol. The van der Waals surface area contributed by atoms with Crippen LogP contribution in [0.25, 0.3) is 0 Å². The summed E-state index contributed by atoms with van der Waals surface area (Å²) in [6.07, 6.45) is 3.29. The van der Waals surface area contributed by atoms with Crippen LogP contribution >= 0.6 is 11.6 Å². The van der Waals surface area contributed by atoms with E-state index >= 15 is 0 Å². The molecule has 0 bridgehead atoms. The molecule has 0 spiro atoms. The second-order valence-electron chi connectivity index (χ2n) is 12.3. The third-order valence-electron chi connectivity index (χ3n) is 8.90. The highest BCUT2D eigenvalue weighted by Gasteiger charge is 2.37. The van der Waals surface area contributed by atoms with Crippen molar-refractivity contribution in [2.75, 3.05) is 25.0 Å². The van der Waals surface area contributed by atoms with Crippen molar-refractivity contribution in [1.29, 1.82) is 0 Å². The monoisotopic (exact) mass is 650 g/mol. The van der Waals surface area contributed by atoms with Crippen molar-refractivity contribution in [3.63, 3.8) is 0 Å². The lowest BCUT2D eigenvalue weighted by Crippen LogP contribution is -2.46. The highest BCUT2D eigenvalue weighted by molar-refractivity contribution is 6.30. The zero-order chi connectivity index (χ0) is 32.5. The molecule has 46 heavy (non-hydrogen) atoms. The van der Waals surface area contributed by atoms with Gasteiger partial charge in [-0.3, -0.25) is 9.59 Å². The van der Waals surface area contributed by atoms with Gasteiger partial charge in [-0.1, -0.05) is 66.6 Å². The number of carbonyl (C=O) groups is 2. The number of hydrogen-bond acceptors (Lipinski definition) is 7.